The molecule has 1 N–H and O–H groups in total. The molecule has 0 bridgehead atoms. The highest BCUT2D eigenvalue weighted by Crippen LogP contribution is 2.13. The number of nitrogens with zero attached hydrogens (tertiary/aromatic N) is 2. The second-order valence-corrected chi connectivity index (χ2v) is 3.91. The van der Waals surface area contributed by atoms with Gasteiger partial charge in [-0.1, -0.05) is 0 Å². The van der Waals surface area contributed by atoms with Crippen LogP contribution in [0.25, 0.3) is 0 Å². The maximum Gasteiger partial charge on any atom is 0.234 e. The van der Waals surface area contributed by atoms with Crippen molar-refractivity contribution >= 4 is 5.91 Å². The Morgan fingerprint density at radius 3 is 3.14 bits per heavy atom. The van der Waals surface area contributed by atoms with Gasteiger partial charge in [0.25, 0.3) is 0 Å². The van der Waals surface area contributed by atoms with Crippen LogP contribution in [0.15, 0.2) is 0 Å². The average Bonchev–Trinajstić information content (AvgIpc) is 2.15. The van der Waals surface area contributed by atoms with Gasteiger partial charge in [-0.25, -0.2) is 0 Å². The first-order valence-electron chi connectivity index (χ1n) is 5.04. The van der Waals surface area contributed by atoms with Crippen molar-refractivity contribution in [1.29, 1.82) is 5.26 Å². The molecule has 0 radical (unpaired) electrons. The molecule has 4 nitrogen and oxygen atoms in total. The smallest absolute Gasteiger partial charge is 0.234 e. The Bertz CT molecular complexity index is 234. The molecule has 0 aromatic carbocycles. The molecular formula is C10H17N3O. The van der Waals surface area contributed by atoms with Crippen molar-refractivity contribution < 1.29 is 4.79 Å². The van der Waals surface area contributed by atoms with E-state index in [9.17, 15) is 4.79 Å². The molecule has 4 heteroatoms. The van der Waals surface area contributed by atoms with Crippen molar-refractivity contribution in [1.82, 2.24) is 10.2 Å². The van der Waals surface area contributed by atoms with Crippen LogP contribution in [0.3, 0.4) is 0 Å². The minimum absolute atomic E-state index is 0.0252. The zero-order chi connectivity index (χ0) is 10.4. The normalized spacial score (nSPS) is 22.7. The van der Waals surface area contributed by atoms with Gasteiger partial charge in [-0.05, 0) is 32.4 Å². The summed E-state index contributed by atoms with van der Waals surface area (Å²) < 4.78 is 0. The maximum absolute atomic E-state index is 11.0. The molecule has 1 amide bonds. The number of nitrogens with one attached hydrogen (secondary N) is 1. The number of rotatable bonds is 3. The zero-order valence-corrected chi connectivity index (χ0v) is 8.62. The molecule has 0 aromatic heterocycles. The lowest BCUT2D eigenvalue weighted by atomic mass is 9.98. The standard InChI is InChI=1S/C10H17N3O/c1-13-6-2-3-9(8-13)7-12-10(14)4-5-11/h9H,2-4,6-8H2,1H3,(H,12,14). The molecule has 14 heavy (non-hydrogen) atoms. The number of carbonyl (C=O) groups is 1. The van der Waals surface area contributed by atoms with Crippen LogP contribution in [-0.4, -0.2) is 37.5 Å². The zero-order valence-electron chi connectivity index (χ0n) is 8.62. The number of amides is 1. The summed E-state index contributed by atoms with van der Waals surface area (Å²) in [7, 11) is 2.10. The summed E-state index contributed by atoms with van der Waals surface area (Å²) in [6.07, 6.45) is 2.36. The number of hydrogen-bond donors (Lipinski definition) is 1. The molecule has 1 rings (SSSR count). The number of hydrogen-bond acceptors (Lipinski definition) is 3. The Morgan fingerprint density at radius 2 is 2.50 bits per heavy atom. The molecule has 0 aromatic rings. The molecule has 1 unspecified atom stereocenters. The van der Waals surface area contributed by atoms with Gasteiger partial charge in [0.2, 0.25) is 5.91 Å². The average molecular weight is 195 g/mol. The Labute approximate surface area is 84.9 Å². The highest BCUT2D eigenvalue weighted by Gasteiger charge is 2.17. The number of piperidine rings is 1. The summed E-state index contributed by atoms with van der Waals surface area (Å²) >= 11 is 0. The van der Waals surface area contributed by atoms with Crippen LogP contribution in [0.5, 0.6) is 0 Å². The molecule has 0 saturated carbocycles. The van der Waals surface area contributed by atoms with Crippen molar-refractivity contribution in [3.05, 3.63) is 0 Å². The van der Waals surface area contributed by atoms with Crippen molar-refractivity contribution in [3.8, 4) is 6.07 Å². The number of nitriles is 1. The second-order valence-electron chi connectivity index (χ2n) is 3.91. The van der Waals surface area contributed by atoms with E-state index < -0.39 is 0 Å². The van der Waals surface area contributed by atoms with Crippen LogP contribution in [0.2, 0.25) is 0 Å². The molecule has 1 fully saturated rings. The van der Waals surface area contributed by atoms with Crippen LogP contribution in [0, 0.1) is 17.2 Å². The molecule has 1 aliphatic rings. The third-order valence-corrected chi connectivity index (χ3v) is 2.55. The summed E-state index contributed by atoms with van der Waals surface area (Å²) in [6.45, 7) is 2.92. The molecular weight excluding hydrogens is 178 g/mol. The minimum Gasteiger partial charge on any atom is -0.355 e. The van der Waals surface area contributed by atoms with Gasteiger partial charge in [0, 0.05) is 13.1 Å². The number of carbonyl (C=O) groups excluding carboxylic acids is 1. The van der Waals surface area contributed by atoms with E-state index in [2.05, 4.69) is 17.3 Å². The van der Waals surface area contributed by atoms with E-state index in [4.69, 9.17) is 5.26 Å². The van der Waals surface area contributed by atoms with Crippen molar-refractivity contribution in [2.24, 2.45) is 5.92 Å². The summed E-state index contributed by atoms with van der Waals surface area (Å²) in [5, 5.41) is 11.1. The Kier molecular flexibility index (Phi) is 4.41. The van der Waals surface area contributed by atoms with Gasteiger partial charge in [0.05, 0.1) is 6.07 Å². The van der Waals surface area contributed by atoms with Gasteiger partial charge >= 0.3 is 0 Å². The van der Waals surface area contributed by atoms with Crippen molar-refractivity contribution in [2.75, 3.05) is 26.7 Å². The van der Waals surface area contributed by atoms with Gasteiger partial charge in [0.1, 0.15) is 6.42 Å². The highest BCUT2D eigenvalue weighted by molar-refractivity contribution is 5.77. The molecule has 1 aliphatic heterocycles. The van der Waals surface area contributed by atoms with Gasteiger partial charge in [0.15, 0.2) is 0 Å². The molecule has 0 aliphatic carbocycles. The van der Waals surface area contributed by atoms with Gasteiger partial charge in [-0.15, -0.1) is 0 Å². The summed E-state index contributed by atoms with van der Waals surface area (Å²) in [5.41, 5.74) is 0. The third kappa shape index (κ3) is 3.75. The molecule has 1 atom stereocenters. The van der Waals surface area contributed by atoms with Crippen LogP contribution in [-0.2, 0) is 4.79 Å². The Balaban J connectivity index is 2.18. The van der Waals surface area contributed by atoms with Crippen molar-refractivity contribution in [2.45, 2.75) is 19.3 Å². The van der Waals surface area contributed by atoms with Crippen LogP contribution >= 0.6 is 0 Å². The molecule has 1 heterocycles. The minimum atomic E-state index is -0.152. The largest absolute Gasteiger partial charge is 0.355 e. The Morgan fingerprint density at radius 1 is 1.71 bits per heavy atom. The second kappa shape index (κ2) is 5.61. The lowest BCUT2D eigenvalue weighted by Gasteiger charge is -2.29. The summed E-state index contributed by atoms with van der Waals surface area (Å²) in [5.74, 6) is 0.400. The van der Waals surface area contributed by atoms with Crippen molar-refractivity contribution in [3.63, 3.8) is 0 Å². The summed E-state index contributed by atoms with van der Waals surface area (Å²) in [4.78, 5) is 13.3. The van der Waals surface area contributed by atoms with E-state index in [0.29, 0.717) is 12.5 Å². The van der Waals surface area contributed by atoms with Crippen LogP contribution in [0.1, 0.15) is 19.3 Å². The van der Waals surface area contributed by atoms with Crippen LogP contribution < -0.4 is 5.32 Å². The van der Waals surface area contributed by atoms with Gasteiger partial charge < -0.3 is 10.2 Å². The van der Waals surface area contributed by atoms with Gasteiger partial charge in [-0.2, -0.15) is 5.26 Å². The first kappa shape index (κ1) is 11.0. The predicted molar refractivity (Wildman–Crippen MR) is 53.5 cm³/mol. The molecule has 78 valence electrons. The maximum atomic E-state index is 11.0. The lowest BCUT2D eigenvalue weighted by molar-refractivity contribution is -0.120. The fraction of sp³-hybridized carbons (Fsp3) is 0.800. The lowest BCUT2D eigenvalue weighted by Crippen LogP contribution is -2.38. The van der Waals surface area contributed by atoms with E-state index in [1.807, 2.05) is 6.07 Å². The van der Waals surface area contributed by atoms with E-state index in [-0.39, 0.29) is 12.3 Å². The SMILES string of the molecule is CN1CCCC(CNC(=O)CC#N)C1. The Hall–Kier alpha value is -1.08. The quantitative estimate of drug-likeness (QED) is 0.707. The monoisotopic (exact) mass is 195 g/mol. The fourth-order valence-electron chi connectivity index (χ4n) is 1.83. The molecule has 1 saturated heterocycles. The fourth-order valence-corrected chi connectivity index (χ4v) is 1.83. The van der Waals surface area contributed by atoms with E-state index >= 15 is 0 Å². The number of likely N-dealkylation sites (tertiary alicyclic amines) is 1. The van der Waals surface area contributed by atoms with Gasteiger partial charge in [-0.3, -0.25) is 4.79 Å². The van der Waals surface area contributed by atoms with E-state index in [1.54, 1.807) is 0 Å². The van der Waals surface area contributed by atoms with E-state index in [0.717, 1.165) is 13.1 Å². The third-order valence-electron chi connectivity index (χ3n) is 2.55. The van der Waals surface area contributed by atoms with E-state index in [1.165, 1.54) is 12.8 Å². The first-order chi connectivity index (χ1) is 6.72. The molecule has 0 spiro atoms. The summed E-state index contributed by atoms with van der Waals surface area (Å²) in [6, 6.07) is 1.84. The first-order valence-corrected chi connectivity index (χ1v) is 5.04. The topological polar surface area (TPSA) is 56.1 Å². The van der Waals surface area contributed by atoms with Crippen LogP contribution in [0.4, 0.5) is 0 Å². The highest BCUT2D eigenvalue weighted by atomic mass is 16.1. The predicted octanol–water partition coefficient (Wildman–Crippen LogP) is 0.358.